The molecule has 2 heterocycles. The molecule has 0 fully saturated rings. The van der Waals surface area contributed by atoms with Gasteiger partial charge in [-0.25, -0.2) is 0 Å². The average molecular weight is 280 g/mol. The van der Waals surface area contributed by atoms with Crippen LogP contribution < -0.4 is 0 Å². The monoisotopic (exact) mass is 280 g/mol. The second kappa shape index (κ2) is 5.79. The summed E-state index contributed by atoms with van der Waals surface area (Å²) in [5.74, 6) is 0. The van der Waals surface area contributed by atoms with E-state index in [9.17, 15) is 4.79 Å². The zero-order valence-electron chi connectivity index (χ0n) is 11.8. The third-order valence-electron chi connectivity index (χ3n) is 3.62. The number of benzene rings is 1. The van der Waals surface area contributed by atoms with Crippen molar-refractivity contribution in [2.45, 2.75) is 19.6 Å². The van der Waals surface area contributed by atoms with Crippen LogP contribution in [0.25, 0.3) is 10.9 Å². The molecule has 4 heteroatoms. The topological polar surface area (TPSA) is 44.1 Å². The molecule has 1 unspecified atom stereocenters. The lowest BCUT2D eigenvalue weighted by molar-refractivity contribution is -0.133. The van der Waals surface area contributed by atoms with Gasteiger partial charge in [0.25, 0.3) is 6.47 Å². The van der Waals surface area contributed by atoms with Crippen molar-refractivity contribution in [1.82, 2.24) is 9.55 Å². The first-order valence-corrected chi connectivity index (χ1v) is 6.85. The van der Waals surface area contributed by atoms with E-state index in [1.807, 2.05) is 43.6 Å². The third-order valence-corrected chi connectivity index (χ3v) is 3.62. The van der Waals surface area contributed by atoms with E-state index in [1.54, 1.807) is 6.20 Å². The summed E-state index contributed by atoms with van der Waals surface area (Å²) >= 11 is 0. The van der Waals surface area contributed by atoms with E-state index in [2.05, 4.69) is 21.7 Å². The van der Waals surface area contributed by atoms with E-state index in [1.165, 1.54) is 5.56 Å². The van der Waals surface area contributed by atoms with E-state index < -0.39 is 0 Å². The molecule has 0 bridgehead atoms. The SMILES string of the molecule is CC(OC=O)c1cncc2c1ccn2Cc1ccccc1. The molecule has 21 heavy (non-hydrogen) atoms. The highest BCUT2D eigenvalue weighted by molar-refractivity contribution is 5.83. The van der Waals surface area contributed by atoms with Crippen LogP contribution in [0.1, 0.15) is 24.2 Å². The molecule has 0 aliphatic heterocycles. The summed E-state index contributed by atoms with van der Waals surface area (Å²) in [7, 11) is 0. The van der Waals surface area contributed by atoms with Crippen LogP contribution in [0.15, 0.2) is 55.0 Å². The lowest BCUT2D eigenvalue weighted by Crippen LogP contribution is -2.01. The number of carbonyl (C=O) groups is 1. The molecule has 3 rings (SSSR count). The van der Waals surface area contributed by atoms with Crippen LogP contribution in [0.3, 0.4) is 0 Å². The molecule has 0 saturated carbocycles. The Hall–Kier alpha value is -2.62. The number of hydrogen-bond acceptors (Lipinski definition) is 3. The Morgan fingerprint density at radius 2 is 2.05 bits per heavy atom. The van der Waals surface area contributed by atoms with Crippen molar-refractivity contribution in [3.8, 4) is 0 Å². The summed E-state index contributed by atoms with van der Waals surface area (Å²) < 4.78 is 7.18. The molecule has 0 aliphatic rings. The van der Waals surface area contributed by atoms with Crippen LogP contribution in [0, 0.1) is 0 Å². The van der Waals surface area contributed by atoms with E-state index in [-0.39, 0.29) is 6.10 Å². The van der Waals surface area contributed by atoms with E-state index in [0.717, 1.165) is 23.0 Å². The number of carbonyl (C=O) groups excluding carboxylic acids is 1. The van der Waals surface area contributed by atoms with Crippen molar-refractivity contribution < 1.29 is 9.53 Å². The second-order valence-electron chi connectivity index (χ2n) is 4.97. The van der Waals surface area contributed by atoms with Crippen LogP contribution in [-0.2, 0) is 16.1 Å². The molecule has 3 aromatic rings. The highest BCUT2D eigenvalue weighted by Crippen LogP contribution is 2.26. The highest BCUT2D eigenvalue weighted by Gasteiger charge is 2.13. The standard InChI is InChI=1S/C17H16N2O2/c1-13(21-12-20)16-9-18-10-17-15(16)7-8-19(17)11-14-5-3-2-4-6-14/h2-10,12-13H,11H2,1H3. The predicted octanol–water partition coefficient (Wildman–Crippen LogP) is 3.32. The van der Waals surface area contributed by atoms with Crippen molar-refractivity contribution in [1.29, 1.82) is 0 Å². The van der Waals surface area contributed by atoms with Crippen molar-refractivity contribution in [2.75, 3.05) is 0 Å². The van der Waals surface area contributed by atoms with Crippen LogP contribution in [0.5, 0.6) is 0 Å². The van der Waals surface area contributed by atoms with Gasteiger partial charge in [0.15, 0.2) is 0 Å². The van der Waals surface area contributed by atoms with Crippen molar-refractivity contribution in [3.63, 3.8) is 0 Å². The fraction of sp³-hybridized carbons (Fsp3) is 0.176. The maximum Gasteiger partial charge on any atom is 0.293 e. The average Bonchev–Trinajstić information content (AvgIpc) is 2.92. The Kier molecular flexibility index (Phi) is 3.69. The van der Waals surface area contributed by atoms with Gasteiger partial charge in [0.05, 0.1) is 11.7 Å². The van der Waals surface area contributed by atoms with Crippen LogP contribution in [-0.4, -0.2) is 16.0 Å². The molecular weight excluding hydrogens is 264 g/mol. The van der Waals surface area contributed by atoms with E-state index >= 15 is 0 Å². The molecule has 4 nitrogen and oxygen atoms in total. The normalized spacial score (nSPS) is 12.2. The maximum absolute atomic E-state index is 10.5. The molecule has 0 N–H and O–H groups in total. The van der Waals surface area contributed by atoms with Gasteiger partial charge in [0.1, 0.15) is 6.10 Å². The zero-order chi connectivity index (χ0) is 14.7. The molecule has 1 aromatic carbocycles. The van der Waals surface area contributed by atoms with Gasteiger partial charge in [0.2, 0.25) is 0 Å². The van der Waals surface area contributed by atoms with Gasteiger partial charge in [-0.1, -0.05) is 30.3 Å². The summed E-state index contributed by atoms with van der Waals surface area (Å²) in [4.78, 5) is 14.8. The molecule has 0 spiro atoms. The lowest BCUT2D eigenvalue weighted by atomic mass is 10.1. The fourth-order valence-electron chi connectivity index (χ4n) is 2.53. The number of rotatable bonds is 5. The van der Waals surface area contributed by atoms with Gasteiger partial charge in [-0.15, -0.1) is 0 Å². The third kappa shape index (κ3) is 2.65. The Balaban J connectivity index is 1.99. The van der Waals surface area contributed by atoms with Gasteiger partial charge in [0, 0.05) is 29.9 Å². The van der Waals surface area contributed by atoms with Crippen molar-refractivity contribution in [3.05, 3.63) is 66.1 Å². The minimum Gasteiger partial charge on any atom is -0.460 e. The summed E-state index contributed by atoms with van der Waals surface area (Å²) in [6, 6.07) is 12.3. The zero-order valence-corrected chi connectivity index (χ0v) is 11.8. The van der Waals surface area contributed by atoms with Gasteiger partial charge < -0.3 is 9.30 Å². The van der Waals surface area contributed by atoms with Gasteiger partial charge in [-0.2, -0.15) is 0 Å². The largest absolute Gasteiger partial charge is 0.460 e. The molecule has 0 aliphatic carbocycles. The van der Waals surface area contributed by atoms with Crippen LogP contribution >= 0.6 is 0 Å². The lowest BCUT2D eigenvalue weighted by Gasteiger charge is -2.11. The number of aromatic nitrogens is 2. The minimum absolute atomic E-state index is 0.300. The first-order valence-electron chi connectivity index (χ1n) is 6.85. The Morgan fingerprint density at radius 1 is 1.24 bits per heavy atom. The van der Waals surface area contributed by atoms with Gasteiger partial charge in [-0.05, 0) is 18.6 Å². The molecule has 1 atom stereocenters. The first-order chi connectivity index (χ1) is 10.3. The van der Waals surface area contributed by atoms with Crippen LogP contribution in [0.2, 0.25) is 0 Å². The molecular formula is C17H16N2O2. The van der Waals surface area contributed by atoms with Gasteiger partial charge in [-0.3, -0.25) is 9.78 Å². The Morgan fingerprint density at radius 3 is 2.81 bits per heavy atom. The number of fused-ring (bicyclic) bond motifs is 1. The minimum atomic E-state index is -0.300. The second-order valence-corrected chi connectivity index (χ2v) is 4.97. The first kappa shape index (κ1) is 13.4. The number of nitrogens with zero attached hydrogens (tertiary/aromatic N) is 2. The molecule has 0 radical (unpaired) electrons. The van der Waals surface area contributed by atoms with Crippen molar-refractivity contribution in [2.24, 2.45) is 0 Å². The highest BCUT2D eigenvalue weighted by atomic mass is 16.5. The van der Waals surface area contributed by atoms with E-state index in [4.69, 9.17) is 4.74 Å². The summed E-state index contributed by atoms with van der Waals surface area (Å²) in [5.41, 5.74) is 3.20. The van der Waals surface area contributed by atoms with Crippen molar-refractivity contribution >= 4 is 17.4 Å². The maximum atomic E-state index is 10.5. The summed E-state index contributed by atoms with van der Waals surface area (Å²) in [5, 5.41) is 1.07. The summed E-state index contributed by atoms with van der Waals surface area (Å²) in [6.45, 7) is 3.11. The number of hydrogen-bond donors (Lipinski definition) is 0. The molecule has 0 saturated heterocycles. The molecule has 0 amide bonds. The number of ether oxygens (including phenoxy) is 1. The predicted molar refractivity (Wildman–Crippen MR) is 80.8 cm³/mol. The number of pyridine rings is 1. The van der Waals surface area contributed by atoms with Gasteiger partial charge >= 0.3 is 0 Å². The fourth-order valence-corrected chi connectivity index (χ4v) is 2.53. The molecule has 2 aromatic heterocycles. The van der Waals surface area contributed by atoms with E-state index in [0.29, 0.717) is 6.47 Å². The Labute approximate surface area is 123 Å². The summed E-state index contributed by atoms with van der Waals surface area (Å²) in [6.07, 6.45) is 5.33. The Bertz CT molecular complexity index is 750. The molecule has 106 valence electrons. The van der Waals surface area contributed by atoms with Crippen LogP contribution in [0.4, 0.5) is 0 Å². The quantitative estimate of drug-likeness (QED) is 0.673. The smallest absolute Gasteiger partial charge is 0.293 e.